The molecular weight excluding hydrogens is 344 g/mol. The minimum Gasteiger partial charge on any atom is -0.467 e. The Balaban J connectivity index is 1.55. The highest BCUT2D eigenvalue weighted by Crippen LogP contribution is 2.18. The second-order valence-corrected chi connectivity index (χ2v) is 5.98. The van der Waals surface area contributed by atoms with E-state index in [1.807, 2.05) is 29.2 Å². The molecule has 1 saturated heterocycles. The number of anilines is 2. The average molecular weight is 364 g/mol. The molecule has 1 aliphatic heterocycles. The fourth-order valence-corrected chi connectivity index (χ4v) is 2.91. The molecule has 8 nitrogen and oxygen atoms in total. The summed E-state index contributed by atoms with van der Waals surface area (Å²) < 4.78 is 10.6. The van der Waals surface area contributed by atoms with Gasteiger partial charge in [-0.1, -0.05) is 42.5 Å². The van der Waals surface area contributed by atoms with Gasteiger partial charge in [0.2, 0.25) is 5.95 Å². The molecular formula is C19H20N6O2. The number of nitrogens with one attached hydrogen (secondary N) is 1. The zero-order chi connectivity index (χ0) is 18.5. The van der Waals surface area contributed by atoms with E-state index in [1.54, 1.807) is 6.21 Å². The van der Waals surface area contributed by atoms with Gasteiger partial charge in [0.25, 0.3) is 5.95 Å². The monoisotopic (exact) mass is 364 g/mol. The average Bonchev–Trinajstić information content (AvgIpc) is 2.74. The predicted molar refractivity (Wildman–Crippen MR) is 105 cm³/mol. The summed E-state index contributed by atoms with van der Waals surface area (Å²) in [5.41, 5.74) is 3.89. The number of methoxy groups -OCH3 is 1. The van der Waals surface area contributed by atoms with Crippen molar-refractivity contribution < 1.29 is 9.47 Å². The van der Waals surface area contributed by atoms with Crippen LogP contribution in [-0.2, 0) is 4.74 Å². The van der Waals surface area contributed by atoms with Crippen molar-refractivity contribution in [2.24, 2.45) is 5.10 Å². The molecule has 1 aliphatic rings. The molecule has 0 bridgehead atoms. The van der Waals surface area contributed by atoms with E-state index in [0.29, 0.717) is 25.1 Å². The number of rotatable bonds is 5. The lowest BCUT2D eigenvalue weighted by atomic mass is 10.1. The van der Waals surface area contributed by atoms with Gasteiger partial charge in [0, 0.05) is 18.7 Å². The Morgan fingerprint density at radius 3 is 2.74 bits per heavy atom. The quantitative estimate of drug-likeness (QED) is 0.549. The molecule has 0 radical (unpaired) electrons. The Labute approximate surface area is 156 Å². The number of ether oxygens (including phenoxy) is 2. The van der Waals surface area contributed by atoms with Crippen LogP contribution < -0.4 is 15.1 Å². The highest BCUT2D eigenvalue weighted by molar-refractivity contribution is 5.99. The standard InChI is InChI=1S/C19H20N6O2/c1-26-19-22-17(21-18(23-19)25-9-11-27-12-10-25)24-20-13-15-7-4-6-14-5-2-3-8-16(14)15/h2-8,13H,9-12H2,1H3,(H,21,22,23,24)/b20-13+. The zero-order valence-electron chi connectivity index (χ0n) is 15.0. The Morgan fingerprint density at radius 1 is 1.07 bits per heavy atom. The maximum Gasteiger partial charge on any atom is 0.322 e. The highest BCUT2D eigenvalue weighted by atomic mass is 16.5. The maximum atomic E-state index is 5.37. The molecule has 0 atom stereocenters. The van der Waals surface area contributed by atoms with Crippen molar-refractivity contribution in [1.29, 1.82) is 0 Å². The summed E-state index contributed by atoms with van der Waals surface area (Å²) in [6.45, 7) is 2.75. The molecule has 138 valence electrons. The molecule has 0 amide bonds. The van der Waals surface area contributed by atoms with Crippen molar-refractivity contribution in [1.82, 2.24) is 15.0 Å². The highest BCUT2D eigenvalue weighted by Gasteiger charge is 2.16. The van der Waals surface area contributed by atoms with Gasteiger partial charge in [-0.3, -0.25) is 0 Å². The third-order valence-electron chi connectivity index (χ3n) is 4.27. The van der Waals surface area contributed by atoms with E-state index in [9.17, 15) is 0 Å². The molecule has 1 fully saturated rings. The number of morpholine rings is 1. The van der Waals surface area contributed by atoms with Crippen LogP contribution in [0.2, 0.25) is 0 Å². The SMILES string of the molecule is COc1nc(N/N=C/c2cccc3ccccc23)nc(N2CCOCC2)n1. The summed E-state index contributed by atoms with van der Waals surface area (Å²) in [4.78, 5) is 15.0. The third-order valence-corrected chi connectivity index (χ3v) is 4.27. The first-order valence-corrected chi connectivity index (χ1v) is 8.73. The van der Waals surface area contributed by atoms with Crippen LogP contribution in [0.3, 0.4) is 0 Å². The van der Waals surface area contributed by atoms with Gasteiger partial charge in [-0.25, -0.2) is 5.43 Å². The lowest BCUT2D eigenvalue weighted by Gasteiger charge is -2.26. The van der Waals surface area contributed by atoms with Gasteiger partial charge in [0.15, 0.2) is 0 Å². The Hall–Kier alpha value is -3.26. The second kappa shape index (κ2) is 7.96. The fraction of sp³-hybridized carbons (Fsp3) is 0.263. The number of benzene rings is 2. The number of fused-ring (bicyclic) bond motifs is 1. The van der Waals surface area contributed by atoms with E-state index >= 15 is 0 Å². The molecule has 0 saturated carbocycles. The van der Waals surface area contributed by atoms with Crippen LogP contribution in [-0.4, -0.2) is 54.6 Å². The molecule has 4 rings (SSSR count). The smallest absolute Gasteiger partial charge is 0.322 e. The fourth-order valence-electron chi connectivity index (χ4n) is 2.91. The van der Waals surface area contributed by atoms with E-state index < -0.39 is 0 Å². The zero-order valence-corrected chi connectivity index (χ0v) is 15.0. The predicted octanol–water partition coefficient (Wildman–Crippen LogP) is 2.32. The molecule has 0 spiro atoms. The summed E-state index contributed by atoms with van der Waals surface area (Å²) in [5.74, 6) is 0.882. The molecule has 0 unspecified atom stereocenters. The van der Waals surface area contributed by atoms with Gasteiger partial charge in [-0.15, -0.1) is 0 Å². The lowest BCUT2D eigenvalue weighted by Crippen LogP contribution is -2.37. The normalized spacial score (nSPS) is 14.6. The van der Waals surface area contributed by atoms with E-state index in [2.05, 4.69) is 43.7 Å². The first-order chi connectivity index (χ1) is 13.3. The number of hydrazone groups is 1. The summed E-state index contributed by atoms with van der Waals surface area (Å²) in [7, 11) is 1.53. The van der Waals surface area contributed by atoms with Crippen LogP contribution >= 0.6 is 0 Å². The van der Waals surface area contributed by atoms with Crippen LogP contribution in [0.15, 0.2) is 47.6 Å². The lowest BCUT2D eigenvalue weighted by molar-refractivity contribution is 0.122. The number of nitrogens with zero attached hydrogens (tertiary/aromatic N) is 5. The summed E-state index contributed by atoms with van der Waals surface area (Å²) in [6.07, 6.45) is 1.76. The van der Waals surface area contributed by atoms with Crippen molar-refractivity contribution in [2.45, 2.75) is 0 Å². The Bertz CT molecular complexity index is 951. The van der Waals surface area contributed by atoms with Crippen LogP contribution in [0.1, 0.15) is 5.56 Å². The van der Waals surface area contributed by atoms with Crippen LogP contribution in [0, 0.1) is 0 Å². The number of aromatic nitrogens is 3. The maximum absolute atomic E-state index is 5.37. The van der Waals surface area contributed by atoms with E-state index in [-0.39, 0.29) is 6.01 Å². The molecule has 1 aromatic heterocycles. The van der Waals surface area contributed by atoms with Gasteiger partial charge >= 0.3 is 6.01 Å². The first-order valence-electron chi connectivity index (χ1n) is 8.73. The van der Waals surface area contributed by atoms with Gasteiger partial charge in [0.1, 0.15) is 0 Å². The molecule has 1 N–H and O–H groups in total. The molecule has 3 aromatic rings. The van der Waals surface area contributed by atoms with Gasteiger partial charge < -0.3 is 14.4 Å². The summed E-state index contributed by atoms with van der Waals surface area (Å²) in [5, 5.41) is 6.59. The van der Waals surface area contributed by atoms with Crippen molar-refractivity contribution in [3.8, 4) is 6.01 Å². The first kappa shape index (κ1) is 17.2. The molecule has 0 aliphatic carbocycles. The van der Waals surface area contributed by atoms with E-state index in [4.69, 9.17) is 9.47 Å². The number of hydrogen-bond donors (Lipinski definition) is 1. The third kappa shape index (κ3) is 3.95. The largest absolute Gasteiger partial charge is 0.467 e. The second-order valence-electron chi connectivity index (χ2n) is 5.98. The minimum absolute atomic E-state index is 0.245. The van der Waals surface area contributed by atoms with Crippen LogP contribution in [0.5, 0.6) is 6.01 Å². The van der Waals surface area contributed by atoms with Crippen molar-refractivity contribution in [3.63, 3.8) is 0 Å². The van der Waals surface area contributed by atoms with E-state index in [0.717, 1.165) is 29.4 Å². The Kier molecular flexibility index (Phi) is 5.06. The van der Waals surface area contributed by atoms with Crippen molar-refractivity contribution in [2.75, 3.05) is 43.7 Å². The molecule has 27 heavy (non-hydrogen) atoms. The topological polar surface area (TPSA) is 84.8 Å². The van der Waals surface area contributed by atoms with Gasteiger partial charge in [-0.2, -0.15) is 20.1 Å². The summed E-state index contributed by atoms with van der Waals surface area (Å²) in [6, 6.07) is 14.5. The van der Waals surface area contributed by atoms with Crippen molar-refractivity contribution in [3.05, 3.63) is 48.0 Å². The van der Waals surface area contributed by atoms with Crippen molar-refractivity contribution >= 4 is 28.9 Å². The molecule has 2 aromatic carbocycles. The van der Waals surface area contributed by atoms with Crippen LogP contribution in [0.25, 0.3) is 10.8 Å². The Morgan fingerprint density at radius 2 is 1.89 bits per heavy atom. The minimum atomic E-state index is 0.245. The molecule has 8 heteroatoms. The van der Waals surface area contributed by atoms with Gasteiger partial charge in [0.05, 0.1) is 26.5 Å². The summed E-state index contributed by atoms with van der Waals surface area (Å²) >= 11 is 0. The van der Waals surface area contributed by atoms with E-state index in [1.165, 1.54) is 7.11 Å². The molecule has 2 heterocycles. The van der Waals surface area contributed by atoms with Gasteiger partial charge in [-0.05, 0) is 10.8 Å². The van der Waals surface area contributed by atoms with Crippen LogP contribution in [0.4, 0.5) is 11.9 Å². The number of hydrogen-bond acceptors (Lipinski definition) is 8.